The largest absolute Gasteiger partial charge is 0.459 e. The summed E-state index contributed by atoms with van der Waals surface area (Å²) in [5.41, 5.74) is 2.92. The molecule has 0 aliphatic carbocycles. The van der Waals surface area contributed by atoms with Crippen molar-refractivity contribution in [2.75, 3.05) is 45.8 Å². The molecule has 2 aliphatic heterocycles. The van der Waals surface area contributed by atoms with Gasteiger partial charge in [-0.2, -0.15) is 0 Å². The van der Waals surface area contributed by atoms with Gasteiger partial charge in [0.25, 0.3) is 5.91 Å². The van der Waals surface area contributed by atoms with Crippen molar-refractivity contribution in [2.45, 2.75) is 32.9 Å². The van der Waals surface area contributed by atoms with E-state index in [0.717, 1.165) is 51.6 Å². The normalized spacial score (nSPS) is 18.6. The molecule has 0 spiro atoms. The van der Waals surface area contributed by atoms with Gasteiger partial charge < -0.3 is 19.5 Å². The van der Waals surface area contributed by atoms with E-state index < -0.39 is 0 Å². The molecular weight excluding hydrogens is 390 g/mol. The van der Waals surface area contributed by atoms with E-state index in [0.29, 0.717) is 24.9 Å². The maximum atomic E-state index is 12.5. The van der Waals surface area contributed by atoms with Gasteiger partial charge in [0.2, 0.25) is 0 Å². The minimum Gasteiger partial charge on any atom is -0.459 e. The number of rotatable bonds is 5. The first-order valence-electron chi connectivity index (χ1n) is 11.3. The number of aliphatic imine (C=N–C) groups is 1. The second-order valence-electron chi connectivity index (χ2n) is 8.29. The van der Waals surface area contributed by atoms with Crippen molar-refractivity contribution < 1.29 is 9.21 Å². The molecule has 7 heteroatoms. The van der Waals surface area contributed by atoms with Gasteiger partial charge in [-0.1, -0.05) is 24.3 Å². The summed E-state index contributed by atoms with van der Waals surface area (Å²) in [6, 6.07) is 12.6. The molecule has 1 N–H and O–H groups in total. The Morgan fingerprint density at radius 3 is 2.52 bits per heavy atom. The third kappa shape index (κ3) is 5.10. The summed E-state index contributed by atoms with van der Waals surface area (Å²) in [4.78, 5) is 24.1. The first kappa shape index (κ1) is 21.4. The number of piperazine rings is 1. The van der Waals surface area contributed by atoms with Gasteiger partial charge in [0.1, 0.15) is 0 Å². The molecule has 1 atom stereocenters. The topological polar surface area (TPSA) is 64.3 Å². The highest BCUT2D eigenvalue weighted by Gasteiger charge is 2.26. The predicted molar refractivity (Wildman–Crippen MR) is 122 cm³/mol. The molecule has 0 radical (unpaired) electrons. The molecule has 1 aromatic heterocycles. The standard InChI is InChI=1S/C24H33N5O2/c1-3-25-24(28-14-12-27(13-15-28)23(30)22-9-6-16-31-22)26-17-19(2)29-11-10-20-7-4-5-8-21(20)18-29/h4-9,16,19H,3,10-15,17-18H2,1-2H3,(H,25,26). The lowest BCUT2D eigenvalue weighted by Gasteiger charge is -2.37. The molecule has 0 bridgehead atoms. The minimum absolute atomic E-state index is 0.0365. The summed E-state index contributed by atoms with van der Waals surface area (Å²) < 4.78 is 5.26. The van der Waals surface area contributed by atoms with Gasteiger partial charge in [-0.3, -0.25) is 14.7 Å². The van der Waals surface area contributed by atoms with E-state index in [1.165, 1.54) is 11.1 Å². The fraction of sp³-hybridized carbons (Fsp3) is 0.500. The van der Waals surface area contributed by atoms with Crippen molar-refractivity contribution in [2.24, 2.45) is 4.99 Å². The Balaban J connectivity index is 1.33. The third-order valence-corrected chi connectivity index (χ3v) is 6.22. The van der Waals surface area contributed by atoms with Crippen LogP contribution in [-0.4, -0.2) is 78.4 Å². The number of furan rings is 1. The summed E-state index contributed by atoms with van der Waals surface area (Å²) in [6.07, 6.45) is 2.65. The smallest absolute Gasteiger partial charge is 0.289 e. The number of hydrogen-bond donors (Lipinski definition) is 1. The van der Waals surface area contributed by atoms with E-state index in [-0.39, 0.29) is 5.91 Å². The number of guanidine groups is 1. The molecule has 166 valence electrons. The molecule has 1 amide bonds. The maximum absolute atomic E-state index is 12.5. The number of nitrogens with zero attached hydrogens (tertiary/aromatic N) is 4. The van der Waals surface area contributed by atoms with Crippen LogP contribution in [0.25, 0.3) is 0 Å². The lowest BCUT2D eigenvalue weighted by atomic mass is 9.99. The zero-order valence-electron chi connectivity index (χ0n) is 18.6. The van der Waals surface area contributed by atoms with Crippen LogP contribution in [-0.2, 0) is 13.0 Å². The Morgan fingerprint density at radius 2 is 1.81 bits per heavy atom. The Kier molecular flexibility index (Phi) is 6.92. The SMILES string of the molecule is CCNC(=NCC(C)N1CCc2ccccc2C1)N1CCN(C(=O)c2ccco2)CC1. The van der Waals surface area contributed by atoms with Gasteiger partial charge >= 0.3 is 0 Å². The minimum atomic E-state index is -0.0365. The fourth-order valence-corrected chi connectivity index (χ4v) is 4.33. The van der Waals surface area contributed by atoms with Gasteiger partial charge in [0, 0.05) is 51.9 Å². The average molecular weight is 424 g/mol. The van der Waals surface area contributed by atoms with Crippen molar-refractivity contribution in [3.63, 3.8) is 0 Å². The van der Waals surface area contributed by atoms with Crippen LogP contribution in [0.2, 0.25) is 0 Å². The summed E-state index contributed by atoms with van der Waals surface area (Å²) in [6.45, 7) is 10.9. The quantitative estimate of drug-likeness (QED) is 0.591. The van der Waals surface area contributed by atoms with Crippen LogP contribution < -0.4 is 5.32 Å². The summed E-state index contributed by atoms with van der Waals surface area (Å²) in [5.74, 6) is 1.31. The Labute approximate surface area is 184 Å². The van der Waals surface area contributed by atoms with Crippen molar-refractivity contribution in [1.29, 1.82) is 0 Å². The number of benzene rings is 1. The molecule has 1 fully saturated rings. The number of carbonyl (C=O) groups excluding carboxylic acids is 1. The van der Waals surface area contributed by atoms with Gasteiger partial charge in [-0.15, -0.1) is 0 Å². The molecule has 4 rings (SSSR count). The van der Waals surface area contributed by atoms with Crippen LogP contribution in [0, 0.1) is 0 Å². The summed E-state index contributed by atoms with van der Waals surface area (Å²) in [5, 5.41) is 3.43. The molecule has 0 saturated carbocycles. The Bertz CT molecular complexity index is 887. The van der Waals surface area contributed by atoms with Crippen LogP contribution in [0.1, 0.15) is 35.5 Å². The lowest BCUT2D eigenvalue weighted by Crippen LogP contribution is -2.54. The van der Waals surface area contributed by atoms with Gasteiger partial charge in [-0.25, -0.2) is 0 Å². The van der Waals surface area contributed by atoms with Crippen molar-refractivity contribution in [1.82, 2.24) is 20.0 Å². The molecule has 1 unspecified atom stereocenters. The molecule has 31 heavy (non-hydrogen) atoms. The predicted octanol–water partition coefficient (Wildman–Crippen LogP) is 2.45. The zero-order valence-corrected chi connectivity index (χ0v) is 18.6. The monoisotopic (exact) mass is 423 g/mol. The molecule has 1 aromatic carbocycles. The Morgan fingerprint density at radius 1 is 1.06 bits per heavy atom. The van der Waals surface area contributed by atoms with Gasteiger partial charge in [0.05, 0.1) is 12.8 Å². The van der Waals surface area contributed by atoms with E-state index in [2.05, 4.69) is 53.2 Å². The second kappa shape index (κ2) is 10.0. The van der Waals surface area contributed by atoms with Crippen LogP contribution in [0.5, 0.6) is 0 Å². The second-order valence-corrected chi connectivity index (χ2v) is 8.29. The zero-order chi connectivity index (χ0) is 21.6. The molecule has 3 heterocycles. The number of amides is 1. The third-order valence-electron chi connectivity index (χ3n) is 6.22. The first-order valence-corrected chi connectivity index (χ1v) is 11.3. The summed E-state index contributed by atoms with van der Waals surface area (Å²) >= 11 is 0. The molecule has 1 saturated heterocycles. The molecule has 2 aliphatic rings. The van der Waals surface area contributed by atoms with Crippen molar-refractivity contribution in [3.8, 4) is 0 Å². The van der Waals surface area contributed by atoms with Crippen LogP contribution in [0.15, 0.2) is 52.1 Å². The molecule has 7 nitrogen and oxygen atoms in total. The fourth-order valence-electron chi connectivity index (χ4n) is 4.33. The van der Waals surface area contributed by atoms with Gasteiger partial charge in [0.15, 0.2) is 11.7 Å². The molecular formula is C24H33N5O2. The van der Waals surface area contributed by atoms with Crippen LogP contribution in [0.4, 0.5) is 0 Å². The van der Waals surface area contributed by atoms with E-state index in [4.69, 9.17) is 9.41 Å². The van der Waals surface area contributed by atoms with Crippen LogP contribution >= 0.6 is 0 Å². The Hall–Kier alpha value is -2.80. The van der Waals surface area contributed by atoms with Crippen molar-refractivity contribution >= 4 is 11.9 Å². The van der Waals surface area contributed by atoms with Crippen molar-refractivity contribution in [3.05, 3.63) is 59.5 Å². The average Bonchev–Trinajstić information content (AvgIpc) is 3.36. The van der Waals surface area contributed by atoms with Crippen LogP contribution in [0.3, 0.4) is 0 Å². The van der Waals surface area contributed by atoms with Gasteiger partial charge in [-0.05, 0) is 43.5 Å². The lowest BCUT2D eigenvalue weighted by molar-refractivity contribution is 0.0657. The number of nitrogens with one attached hydrogen (secondary N) is 1. The highest BCUT2D eigenvalue weighted by atomic mass is 16.3. The first-order chi connectivity index (χ1) is 15.2. The molecule has 2 aromatic rings. The van der Waals surface area contributed by atoms with E-state index in [9.17, 15) is 4.79 Å². The van der Waals surface area contributed by atoms with E-state index >= 15 is 0 Å². The highest BCUT2D eigenvalue weighted by molar-refractivity contribution is 5.91. The maximum Gasteiger partial charge on any atom is 0.289 e. The van der Waals surface area contributed by atoms with E-state index in [1.807, 2.05) is 4.90 Å². The highest BCUT2D eigenvalue weighted by Crippen LogP contribution is 2.20. The summed E-state index contributed by atoms with van der Waals surface area (Å²) in [7, 11) is 0. The number of hydrogen-bond acceptors (Lipinski definition) is 4. The number of fused-ring (bicyclic) bond motifs is 1. The van der Waals surface area contributed by atoms with E-state index in [1.54, 1.807) is 18.4 Å². The number of carbonyl (C=O) groups is 1.